The number of amides is 2. The first-order valence-electron chi connectivity index (χ1n) is 8.69. The summed E-state index contributed by atoms with van der Waals surface area (Å²) in [6.45, 7) is 6.24. The fourth-order valence-electron chi connectivity index (χ4n) is 3.17. The highest BCUT2D eigenvalue weighted by Crippen LogP contribution is 2.38. The number of nitrogens with zero attached hydrogens (tertiary/aromatic N) is 2. The van der Waals surface area contributed by atoms with E-state index in [-0.39, 0.29) is 16.8 Å². The maximum absolute atomic E-state index is 12.7. The largest absolute Gasteiger partial charge is 0.444 e. The van der Waals surface area contributed by atoms with Crippen molar-refractivity contribution in [2.75, 3.05) is 20.7 Å². The lowest BCUT2D eigenvalue weighted by Gasteiger charge is -2.38. The van der Waals surface area contributed by atoms with Gasteiger partial charge < -0.3 is 9.64 Å². The van der Waals surface area contributed by atoms with Gasteiger partial charge in [-0.05, 0) is 40.0 Å². The molecule has 138 valence electrons. The van der Waals surface area contributed by atoms with Crippen molar-refractivity contribution >= 4 is 18.2 Å². The number of piperidine rings is 1. The second-order valence-corrected chi connectivity index (χ2v) is 7.52. The molecule has 0 saturated carbocycles. The summed E-state index contributed by atoms with van der Waals surface area (Å²) in [6, 6.07) is 7.49. The van der Waals surface area contributed by atoms with E-state index in [1.165, 1.54) is 7.11 Å². The van der Waals surface area contributed by atoms with Crippen molar-refractivity contribution in [2.45, 2.75) is 51.7 Å². The van der Waals surface area contributed by atoms with Crippen LogP contribution in [0.3, 0.4) is 0 Å². The molecule has 2 atom stereocenters. The molecule has 1 heterocycles. The summed E-state index contributed by atoms with van der Waals surface area (Å²) in [5.74, 6) is 0. The zero-order chi connectivity index (χ0) is 18.7. The smallest absolute Gasteiger partial charge is 0.410 e. The molecule has 6 heteroatoms. The number of benzene rings is 1. The lowest BCUT2D eigenvalue weighted by atomic mass is 9.94. The van der Waals surface area contributed by atoms with E-state index in [4.69, 9.17) is 9.57 Å². The van der Waals surface area contributed by atoms with E-state index in [2.05, 4.69) is 0 Å². The standard InChI is InChI=1S/C19H29N2O4/c1-19(2,3)25-18(23)20-13-9-8-11-16(20)15-10-6-7-12-17(15)21(4,14-22)24-5/h6-7,10,12,14,16H,8-9,11,13H2,1-5H3/q+1. The van der Waals surface area contributed by atoms with Gasteiger partial charge in [-0.2, -0.15) is 4.84 Å². The van der Waals surface area contributed by atoms with Gasteiger partial charge >= 0.3 is 12.5 Å². The molecular weight excluding hydrogens is 320 g/mol. The molecule has 1 aliphatic heterocycles. The molecule has 0 bridgehead atoms. The van der Waals surface area contributed by atoms with E-state index < -0.39 is 5.60 Å². The molecule has 0 radical (unpaired) electrons. The van der Waals surface area contributed by atoms with Crippen LogP contribution in [0.1, 0.15) is 51.6 Å². The SMILES string of the molecule is CO[N+](C)(C=O)c1ccccc1C1CCCCN1C(=O)OC(C)(C)C. The molecule has 0 spiro atoms. The second kappa shape index (κ2) is 7.54. The third-order valence-electron chi connectivity index (χ3n) is 4.49. The Morgan fingerprint density at radius 3 is 2.56 bits per heavy atom. The first-order valence-corrected chi connectivity index (χ1v) is 8.69. The molecule has 0 aromatic heterocycles. The average Bonchev–Trinajstić information content (AvgIpc) is 2.59. The van der Waals surface area contributed by atoms with Crippen molar-refractivity contribution in [3.63, 3.8) is 0 Å². The predicted octanol–water partition coefficient (Wildman–Crippen LogP) is 3.80. The maximum atomic E-state index is 12.7. The van der Waals surface area contributed by atoms with Crippen molar-refractivity contribution < 1.29 is 19.2 Å². The van der Waals surface area contributed by atoms with Crippen LogP contribution in [0.15, 0.2) is 24.3 Å². The predicted molar refractivity (Wildman–Crippen MR) is 96.8 cm³/mol. The number of likely N-dealkylation sites (tertiary alicyclic amines) is 1. The van der Waals surface area contributed by atoms with E-state index in [1.807, 2.05) is 45.0 Å². The number of para-hydroxylation sites is 1. The first kappa shape index (κ1) is 19.4. The molecular formula is C19H29N2O4+. The number of carbonyl (C=O) groups is 2. The topological polar surface area (TPSA) is 55.8 Å². The number of rotatable bonds is 4. The number of quaternary nitrogens is 1. The van der Waals surface area contributed by atoms with Crippen LogP contribution in [0, 0.1) is 0 Å². The highest BCUT2D eigenvalue weighted by Gasteiger charge is 2.37. The van der Waals surface area contributed by atoms with Crippen LogP contribution >= 0.6 is 0 Å². The van der Waals surface area contributed by atoms with Gasteiger partial charge in [0.1, 0.15) is 12.6 Å². The molecule has 1 aromatic carbocycles. The van der Waals surface area contributed by atoms with E-state index in [0.29, 0.717) is 6.54 Å². The van der Waals surface area contributed by atoms with Gasteiger partial charge in [0.25, 0.3) is 0 Å². The summed E-state index contributed by atoms with van der Waals surface area (Å²) < 4.78 is 5.29. The molecule has 25 heavy (non-hydrogen) atoms. The third-order valence-corrected chi connectivity index (χ3v) is 4.49. The highest BCUT2D eigenvalue weighted by molar-refractivity contribution is 5.72. The van der Waals surface area contributed by atoms with Gasteiger partial charge in [0.2, 0.25) is 0 Å². The van der Waals surface area contributed by atoms with Gasteiger partial charge in [0.05, 0.1) is 13.2 Å². The Bertz CT molecular complexity index is 626. The summed E-state index contributed by atoms with van der Waals surface area (Å²) >= 11 is 0. The highest BCUT2D eigenvalue weighted by atomic mass is 16.7. The van der Waals surface area contributed by atoms with Crippen molar-refractivity contribution in [3.8, 4) is 0 Å². The Morgan fingerprint density at radius 2 is 1.96 bits per heavy atom. The maximum Gasteiger partial charge on any atom is 0.410 e. The molecule has 1 saturated heterocycles. The third kappa shape index (κ3) is 4.38. The van der Waals surface area contributed by atoms with E-state index in [0.717, 1.165) is 36.9 Å². The number of ether oxygens (including phenoxy) is 1. The van der Waals surface area contributed by atoms with Crippen molar-refractivity contribution in [3.05, 3.63) is 29.8 Å². The zero-order valence-corrected chi connectivity index (χ0v) is 15.8. The van der Waals surface area contributed by atoms with Gasteiger partial charge in [-0.25, -0.2) is 9.59 Å². The Kier molecular flexibility index (Phi) is 5.85. The van der Waals surface area contributed by atoms with E-state index in [1.54, 1.807) is 11.9 Å². The number of hydroxylamine groups is 2. The summed E-state index contributed by atoms with van der Waals surface area (Å²) in [5, 5.41) is 0. The van der Waals surface area contributed by atoms with E-state index >= 15 is 0 Å². The summed E-state index contributed by atoms with van der Waals surface area (Å²) in [6.07, 6.45) is 3.24. The Balaban J connectivity index is 2.41. The van der Waals surface area contributed by atoms with Gasteiger partial charge in [-0.15, -0.1) is 0 Å². The molecule has 0 N–H and O–H groups in total. The van der Waals surface area contributed by atoms with E-state index in [9.17, 15) is 9.59 Å². The summed E-state index contributed by atoms with van der Waals surface area (Å²) in [7, 11) is 3.18. The minimum Gasteiger partial charge on any atom is -0.444 e. The normalized spacial score (nSPS) is 20.7. The van der Waals surface area contributed by atoms with Crippen LogP contribution in [-0.2, 0) is 14.4 Å². The van der Waals surface area contributed by atoms with Gasteiger partial charge in [-0.1, -0.05) is 22.8 Å². The quantitative estimate of drug-likeness (QED) is 0.471. The lowest BCUT2D eigenvalue weighted by Crippen LogP contribution is -2.46. The molecule has 1 aliphatic rings. The number of carbonyl (C=O) groups excluding carboxylic acids is 2. The Labute approximate surface area is 149 Å². The molecule has 1 aromatic rings. The molecule has 1 fully saturated rings. The lowest BCUT2D eigenvalue weighted by molar-refractivity contribution is -0.149. The van der Waals surface area contributed by atoms with Crippen molar-refractivity contribution in [1.82, 2.24) is 9.55 Å². The van der Waals surface area contributed by atoms with Gasteiger partial charge in [-0.3, -0.25) is 0 Å². The number of hydrogen-bond acceptors (Lipinski definition) is 4. The molecule has 2 unspecified atom stereocenters. The van der Waals surface area contributed by atoms with Gasteiger partial charge in [0.15, 0.2) is 5.69 Å². The fraction of sp³-hybridized carbons (Fsp3) is 0.579. The summed E-state index contributed by atoms with van der Waals surface area (Å²) in [5.41, 5.74) is 1.11. The molecule has 2 rings (SSSR count). The average molecular weight is 349 g/mol. The van der Waals surface area contributed by atoms with Crippen LogP contribution in [0.2, 0.25) is 0 Å². The van der Waals surface area contributed by atoms with Gasteiger partial charge in [0, 0.05) is 18.2 Å². The van der Waals surface area contributed by atoms with Crippen LogP contribution in [-0.4, -0.2) is 43.7 Å². The van der Waals surface area contributed by atoms with Crippen molar-refractivity contribution in [1.29, 1.82) is 0 Å². The molecule has 6 nitrogen and oxygen atoms in total. The molecule has 2 amide bonds. The minimum absolute atomic E-state index is 0.132. The van der Waals surface area contributed by atoms with Crippen molar-refractivity contribution in [2.24, 2.45) is 0 Å². The first-order chi connectivity index (χ1) is 11.7. The zero-order valence-electron chi connectivity index (χ0n) is 15.8. The summed E-state index contributed by atoms with van der Waals surface area (Å²) in [4.78, 5) is 31.5. The molecule has 0 aliphatic carbocycles. The Morgan fingerprint density at radius 1 is 1.28 bits per heavy atom. The monoisotopic (exact) mass is 349 g/mol. The van der Waals surface area contributed by atoms with Crippen LogP contribution < -0.4 is 4.65 Å². The minimum atomic E-state index is -0.543. The Hall–Kier alpha value is -1.92. The van der Waals surface area contributed by atoms with Crippen LogP contribution in [0.5, 0.6) is 0 Å². The fourth-order valence-corrected chi connectivity index (χ4v) is 3.17. The second-order valence-electron chi connectivity index (χ2n) is 7.52. The van der Waals surface area contributed by atoms with Crippen LogP contribution in [0.25, 0.3) is 0 Å². The number of hydrogen-bond donors (Lipinski definition) is 0. The van der Waals surface area contributed by atoms with Crippen LogP contribution in [0.4, 0.5) is 10.5 Å².